The van der Waals surface area contributed by atoms with Crippen LogP contribution in [0.15, 0.2) is 24.3 Å². The Kier molecular flexibility index (Phi) is 5.89. The van der Waals surface area contributed by atoms with Crippen LogP contribution in [0.5, 0.6) is 0 Å². The van der Waals surface area contributed by atoms with Gasteiger partial charge in [-0.2, -0.15) is 0 Å². The highest BCUT2D eigenvalue weighted by molar-refractivity contribution is 5.91. The molecule has 24 heavy (non-hydrogen) atoms. The number of carbonyl (C=O) groups excluding carboxylic acids is 3. The Morgan fingerprint density at radius 2 is 1.79 bits per heavy atom. The Hall–Kier alpha value is -2.44. The molecule has 1 saturated carbocycles. The highest BCUT2D eigenvalue weighted by Crippen LogP contribution is 2.33. The lowest BCUT2D eigenvalue weighted by atomic mass is 10.0. The van der Waals surface area contributed by atoms with Gasteiger partial charge in [-0.1, -0.05) is 25.0 Å². The van der Waals surface area contributed by atoms with Gasteiger partial charge in [-0.15, -0.1) is 0 Å². The van der Waals surface area contributed by atoms with Crippen molar-refractivity contribution in [3.05, 3.63) is 35.6 Å². The van der Waals surface area contributed by atoms with Gasteiger partial charge in [0.05, 0.1) is 0 Å². The SMILES string of the molecule is CC(=O)N[C@H](Cc1ccc(F)cc1)C(=O)N[C@@H](CC1CC1)C(N)=O. The normalized spacial score (nSPS) is 16.1. The van der Waals surface area contributed by atoms with Crippen molar-refractivity contribution in [3.63, 3.8) is 0 Å². The van der Waals surface area contributed by atoms with Crippen molar-refractivity contribution in [1.82, 2.24) is 10.6 Å². The van der Waals surface area contributed by atoms with Crippen molar-refractivity contribution in [3.8, 4) is 0 Å². The highest BCUT2D eigenvalue weighted by Gasteiger charge is 2.31. The van der Waals surface area contributed by atoms with Gasteiger partial charge < -0.3 is 16.4 Å². The van der Waals surface area contributed by atoms with Crippen LogP contribution in [0.25, 0.3) is 0 Å². The number of amides is 3. The van der Waals surface area contributed by atoms with Crippen LogP contribution < -0.4 is 16.4 Å². The van der Waals surface area contributed by atoms with E-state index in [4.69, 9.17) is 5.73 Å². The van der Waals surface area contributed by atoms with Crippen LogP contribution in [0.3, 0.4) is 0 Å². The molecule has 0 heterocycles. The molecule has 0 saturated heterocycles. The van der Waals surface area contributed by atoms with Gasteiger partial charge in [0, 0.05) is 13.3 Å². The Morgan fingerprint density at radius 3 is 2.29 bits per heavy atom. The number of halogens is 1. The zero-order valence-electron chi connectivity index (χ0n) is 13.5. The number of hydrogen-bond donors (Lipinski definition) is 3. The summed E-state index contributed by atoms with van der Waals surface area (Å²) in [5.74, 6) is -1.38. The van der Waals surface area contributed by atoms with Gasteiger partial charge in [0.15, 0.2) is 0 Å². The number of rotatable bonds is 8. The number of primary amides is 1. The van der Waals surface area contributed by atoms with E-state index >= 15 is 0 Å². The Morgan fingerprint density at radius 1 is 1.17 bits per heavy atom. The molecule has 1 aliphatic rings. The quantitative estimate of drug-likeness (QED) is 0.650. The third-order valence-corrected chi connectivity index (χ3v) is 3.97. The first-order valence-electron chi connectivity index (χ1n) is 7.96. The lowest BCUT2D eigenvalue weighted by Crippen LogP contribution is -2.53. The summed E-state index contributed by atoms with van der Waals surface area (Å²) in [6.07, 6.45) is 2.78. The molecule has 0 bridgehead atoms. The van der Waals surface area contributed by atoms with Gasteiger partial charge in [0.2, 0.25) is 17.7 Å². The summed E-state index contributed by atoms with van der Waals surface area (Å²) in [4.78, 5) is 35.3. The van der Waals surface area contributed by atoms with E-state index in [0.717, 1.165) is 12.8 Å². The van der Waals surface area contributed by atoms with Gasteiger partial charge in [-0.05, 0) is 30.0 Å². The van der Waals surface area contributed by atoms with E-state index in [0.29, 0.717) is 17.9 Å². The van der Waals surface area contributed by atoms with E-state index in [9.17, 15) is 18.8 Å². The minimum atomic E-state index is -0.853. The number of nitrogens with two attached hydrogens (primary N) is 1. The third-order valence-electron chi connectivity index (χ3n) is 3.97. The first kappa shape index (κ1) is 17.9. The van der Waals surface area contributed by atoms with Crippen LogP contribution in [0.1, 0.15) is 31.7 Å². The molecule has 2 rings (SSSR count). The van der Waals surface area contributed by atoms with E-state index in [1.54, 1.807) is 12.1 Å². The number of nitrogens with one attached hydrogen (secondary N) is 2. The number of benzene rings is 1. The summed E-state index contributed by atoms with van der Waals surface area (Å²) in [5, 5.41) is 5.18. The molecule has 0 radical (unpaired) electrons. The average Bonchev–Trinajstić information content (AvgIpc) is 3.31. The van der Waals surface area contributed by atoms with Crippen LogP contribution >= 0.6 is 0 Å². The first-order chi connectivity index (χ1) is 11.3. The second kappa shape index (κ2) is 7.90. The van der Waals surface area contributed by atoms with Crippen molar-refractivity contribution in [2.24, 2.45) is 11.7 Å². The van der Waals surface area contributed by atoms with Crippen molar-refractivity contribution >= 4 is 17.7 Å². The molecule has 6 nitrogen and oxygen atoms in total. The van der Waals surface area contributed by atoms with Gasteiger partial charge >= 0.3 is 0 Å². The van der Waals surface area contributed by atoms with Crippen molar-refractivity contribution in [2.75, 3.05) is 0 Å². The van der Waals surface area contributed by atoms with Crippen molar-refractivity contribution in [1.29, 1.82) is 0 Å². The lowest BCUT2D eigenvalue weighted by Gasteiger charge is -2.21. The fraction of sp³-hybridized carbons (Fsp3) is 0.471. The molecule has 1 aromatic rings. The molecule has 7 heteroatoms. The summed E-state index contributed by atoms with van der Waals surface area (Å²) in [5.41, 5.74) is 6.05. The Labute approximate surface area is 140 Å². The maximum atomic E-state index is 13.0. The fourth-order valence-corrected chi connectivity index (χ4v) is 2.52. The summed E-state index contributed by atoms with van der Waals surface area (Å²) in [6.45, 7) is 1.31. The van der Waals surface area contributed by atoms with Crippen molar-refractivity contribution < 1.29 is 18.8 Å². The molecule has 0 unspecified atom stereocenters. The summed E-state index contributed by atoms with van der Waals surface area (Å²) < 4.78 is 13.0. The van der Waals surface area contributed by atoms with Crippen LogP contribution in [-0.2, 0) is 20.8 Å². The molecule has 0 aliphatic heterocycles. The largest absolute Gasteiger partial charge is 0.368 e. The molecular formula is C17H22FN3O3. The topological polar surface area (TPSA) is 101 Å². The zero-order chi connectivity index (χ0) is 17.7. The third kappa shape index (κ3) is 5.64. The summed E-state index contributed by atoms with van der Waals surface area (Å²) >= 11 is 0. The average molecular weight is 335 g/mol. The molecule has 2 atom stereocenters. The van der Waals surface area contributed by atoms with Crippen LogP contribution in [-0.4, -0.2) is 29.8 Å². The second-order valence-corrected chi connectivity index (χ2v) is 6.23. The van der Waals surface area contributed by atoms with E-state index in [2.05, 4.69) is 10.6 Å². The molecule has 1 fully saturated rings. The molecule has 1 aliphatic carbocycles. The van der Waals surface area contributed by atoms with Crippen LogP contribution in [0.2, 0.25) is 0 Å². The van der Waals surface area contributed by atoms with Crippen molar-refractivity contribution in [2.45, 2.75) is 44.7 Å². The van der Waals surface area contributed by atoms with E-state index < -0.39 is 23.9 Å². The minimum absolute atomic E-state index is 0.195. The maximum absolute atomic E-state index is 13.0. The van der Waals surface area contributed by atoms with Crippen LogP contribution in [0.4, 0.5) is 4.39 Å². The minimum Gasteiger partial charge on any atom is -0.368 e. The smallest absolute Gasteiger partial charge is 0.243 e. The molecular weight excluding hydrogens is 313 g/mol. The molecule has 4 N–H and O–H groups in total. The van der Waals surface area contributed by atoms with Gasteiger partial charge in [0.1, 0.15) is 17.9 Å². The first-order valence-corrected chi connectivity index (χ1v) is 7.96. The second-order valence-electron chi connectivity index (χ2n) is 6.23. The predicted octanol–water partition coefficient (Wildman–Crippen LogP) is 0.643. The molecule has 3 amide bonds. The van der Waals surface area contributed by atoms with Crippen LogP contribution in [0, 0.1) is 11.7 Å². The Bertz CT molecular complexity index is 614. The maximum Gasteiger partial charge on any atom is 0.243 e. The monoisotopic (exact) mass is 335 g/mol. The van der Waals surface area contributed by atoms with E-state index in [1.807, 2.05) is 0 Å². The molecule has 0 aromatic heterocycles. The molecule has 1 aromatic carbocycles. The standard InChI is InChI=1S/C17H22FN3O3/c1-10(22)20-15(9-12-4-6-13(18)7-5-12)17(24)21-14(16(19)23)8-11-2-3-11/h4-7,11,14-15H,2-3,8-9H2,1H3,(H2,19,23)(H,20,22)(H,21,24)/t14-,15+/m0/s1. The lowest BCUT2D eigenvalue weighted by molar-refractivity contribution is -0.131. The highest BCUT2D eigenvalue weighted by atomic mass is 19.1. The zero-order valence-corrected chi connectivity index (χ0v) is 13.5. The van der Waals surface area contributed by atoms with Gasteiger partial charge in [0.25, 0.3) is 0 Å². The molecule has 0 spiro atoms. The number of carbonyl (C=O) groups is 3. The van der Waals surface area contributed by atoms with E-state index in [1.165, 1.54) is 19.1 Å². The fourth-order valence-electron chi connectivity index (χ4n) is 2.52. The van der Waals surface area contributed by atoms with Gasteiger partial charge in [-0.25, -0.2) is 4.39 Å². The van der Waals surface area contributed by atoms with Gasteiger partial charge in [-0.3, -0.25) is 14.4 Å². The summed E-state index contributed by atoms with van der Waals surface area (Å²) in [6, 6.07) is 4.08. The number of hydrogen-bond acceptors (Lipinski definition) is 3. The predicted molar refractivity (Wildman–Crippen MR) is 86.2 cm³/mol. The van der Waals surface area contributed by atoms with E-state index in [-0.39, 0.29) is 18.1 Å². The molecule has 130 valence electrons. The summed E-state index contributed by atoms with van der Waals surface area (Å²) in [7, 11) is 0. The Balaban J connectivity index is 2.04.